The Hall–Kier alpha value is -0.260. The zero-order chi connectivity index (χ0) is 12.3. The van der Waals surface area contributed by atoms with Gasteiger partial charge in [-0.3, -0.25) is 4.79 Å². The summed E-state index contributed by atoms with van der Waals surface area (Å²) in [6.07, 6.45) is -4.83. The molecule has 1 rings (SSSR count). The van der Waals surface area contributed by atoms with Gasteiger partial charge in [0.2, 0.25) is 5.91 Å². The Morgan fingerprint density at radius 1 is 1.50 bits per heavy atom. The molecule has 0 aliphatic carbocycles. The largest absolute Gasteiger partial charge is 0.389 e. The molecule has 0 N–H and O–H groups in total. The van der Waals surface area contributed by atoms with E-state index in [1.54, 1.807) is 4.90 Å². The van der Waals surface area contributed by atoms with Gasteiger partial charge in [0, 0.05) is 24.3 Å². The molecule has 6 heteroatoms. The molecule has 1 amide bonds. The first-order chi connectivity index (χ1) is 7.35. The molecule has 2 atom stereocenters. The van der Waals surface area contributed by atoms with E-state index in [1.807, 2.05) is 6.92 Å². The SMILES string of the molecule is CC1CCN(C(=O)CCC(F)(F)F)C1CBr. The van der Waals surface area contributed by atoms with Crippen LogP contribution in [0.5, 0.6) is 0 Å². The maximum atomic E-state index is 12.0. The molecule has 2 unspecified atom stereocenters. The van der Waals surface area contributed by atoms with Crippen LogP contribution in [-0.2, 0) is 4.79 Å². The highest BCUT2D eigenvalue weighted by molar-refractivity contribution is 9.09. The molecule has 0 saturated carbocycles. The van der Waals surface area contributed by atoms with E-state index in [0.717, 1.165) is 6.42 Å². The minimum atomic E-state index is -4.25. The van der Waals surface area contributed by atoms with E-state index in [9.17, 15) is 18.0 Å². The Labute approximate surface area is 101 Å². The second-order valence-corrected chi connectivity index (χ2v) is 4.84. The molecule has 0 spiro atoms. The van der Waals surface area contributed by atoms with Crippen LogP contribution in [0.25, 0.3) is 0 Å². The van der Waals surface area contributed by atoms with Crippen molar-refractivity contribution >= 4 is 21.8 Å². The van der Waals surface area contributed by atoms with E-state index in [0.29, 0.717) is 17.8 Å². The topological polar surface area (TPSA) is 20.3 Å². The molecule has 1 fully saturated rings. The molecule has 16 heavy (non-hydrogen) atoms. The molecule has 0 bridgehead atoms. The second kappa shape index (κ2) is 5.38. The molecule has 94 valence electrons. The summed E-state index contributed by atoms with van der Waals surface area (Å²) >= 11 is 3.30. The van der Waals surface area contributed by atoms with Crippen LogP contribution in [0, 0.1) is 5.92 Å². The Morgan fingerprint density at radius 3 is 2.62 bits per heavy atom. The van der Waals surface area contributed by atoms with E-state index < -0.39 is 19.0 Å². The number of rotatable bonds is 3. The summed E-state index contributed by atoms with van der Waals surface area (Å²) in [7, 11) is 0. The minimum absolute atomic E-state index is 0.0423. The molecule has 1 heterocycles. The first-order valence-corrected chi connectivity index (χ1v) is 6.39. The Balaban J connectivity index is 2.48. The van der Waals surface area contributed by atoms with Gasteiger partial charge in [0.05, 0.1) is 6.42 Å². The Kier molecular flexibility index (Phi) is 4.64. The predicted molar refractivity (Wildman–Crippen MR) is 58.4 cm³/mol. The fraction of sp³-hybridized carbons (Fsp3) is 0.900. The van der Waals surface area contributed by atoms with Gasteiger partial charge in [0.15, 0.2) is 0 Å². The number of carbonyl (C=O) groups is 1. The molecular weight excluding hydrogens is 287 g/mol. The summed E-state index contributed by atoms with van der Waals surface area (Å²) < 4.78 is 35.9. The van der Waals surface area contributed by atoms with Crippen molar-refractivity contribution in [1.29, 1.82) is 0 Å². The van der Waals surface area contributed by atoms with Crippen LogP contribution >= 0.6 is 15.9 Å². The maximum Gasteiger partial charge on any atom is 0.389 e. The van der Waals surface area contributed by atoms with Crippen LogP contribution < -0.4 is 0 Å². The average molecular weight is 302 g/mol. The van der Waals surface area contributed by atoms with E-state index >= 15 is 0 Å². The highest BCUT2D eigenvalue weighted by Gasteiger charge is 2.35. The molecule has 1 aliphatic rings. The third kappa shape index (κ3) is 3.64. The second-order valence-electron chi connectivity index (χ2n) is 4.19. The molecule has 0 aromatic carbocycles. The molecule has 1 aliphatic heterocycles. The van der Waals surface area contributed by atoms with E-state index in [2.05, 4.69) is 15.9 Å². The third-order valence-corrected chi connectivity index (χ3v) is 3.65. The number of hydrogen-bond donors (Lipinski definition) is 0. The van der Waals surface area contributed by atoms with Crippen LogP contribution in [0.2, 0.25) is 0 Å². The number of likely N-dealkylation sites (tertiary alicyclic amines) is 1. The van der Waals surface area contributed by atoms with Gasteiger partial charge in [0.25, 0.3) is 0 Å². The van der Waals surface area contributed by atoms with Crippen molar-refractivity contribution in [2.24, 2.45) is 5.92 Å². The van der Waals surface area contributed by atoms with Crippen molar-refractivity contribution < 1.29 is 18.0 Å². The molecular formula is C10H15BrF3NO. The highest BCUT2D eigenvalue weighted by atomic mass is 79.9. The lowest BCUT2D eigenvalue weighted by Crippen LogP contribution is -2.38. The van der Waals surface area contributed by atoms with Crippen molar-refractivity contribution in [3.63, 3.8) is 0 Å². The van der Waals surface area contributed by atoms with E-state index in [4.69, 9.17) is 0 Å². The van der Waals surface area contributed by atoms with Gasteiger partial charge in [-0.05, 0) is 12.3 Å². The van der Waals surface area contributed by atoms with Crippen LogP contribution in [0.3, 0.4) is 0 Å². The molecule has 2 nitrogen and oxygen atoms in total. The number of amides is 1. The van der Waals surface area contributed by atoms with Crippen molar-refractivity contribution in [2.45, 2.75) is 38.4 Å². The smallest absolute Gasteiger partial charge is 0.339 e. The van der Waals surface area contributed by atoms with Crippen molar-refractivity contribution in [3.8, 4) is 0 Å². The first-order valence-electron chi connectivity index (χ1n) is 5.27. The number of halogens is 4. The Bertz CT molecular complexity index is 257. The number of alkyl halides is 4. The lowest BCUT2D eigenvalue weighted by molar-refractivity contribution is -0.149. The number of nitrogens with zero attached hydrogens (tertiary/aromatic N) is 1. The summed E-state index contributed by atoms with van der Waals surface area (Å²) in [4.78, 5) is 13.2. The summed E-state index contributed by atoms with van der Waals surface area (Å²) in [5.41, 5.74) is 0. The van der Waals surface area contributed by atoms with Crippen molar-refractivity contribution in [1.82, 2.24) is 4.90 Å². The predicted octanol–water partition coefficient (Wildman–Crippen LogP) is 2.96. The standard InChI is InChI=1S/C10H15BrF3NO/c1-7-3-5-15(8(7)6-11)9(16)2-4-10(12,13)14/h7-8H,2-6H2,1H3. The van der Waals surface area contributed by atoms with E-state index in [-0.39, 0.29) is 11.9 Å². The van der Waals surface area contributed by atoms with Gasteiger partial charge < -0.3 is 4.90 Å². The van der Waals surface area contributed by atoms with Crippen LogP contribution in [-0.4, -0.2) is 34.9 Å². The lowest BCUT2D eigenvalue weighted by Gasteiger charge is -2.25. The van der Waals surface area contributed by atoms with Crippen LogP contribution in [0.15, 0.2) is 0 Å². The maximum absolute atomic E-state index is 12.0. The first kappa shape index (κ1) is 13.8. The van der Waals surface area contributed by atoms with Gasteiger partial charge >= 0.3 is 6.18 Å². The fourth-order valence-electron chi connectivity index (χ4n) is 1.95. The van der Waals surface area contributed by atoms with Gasteiger partial charge in [-0.1, -0.05) is 22.9 Å². The minimum Gasteiger partial charge on any atom is -0.339 e. The van der Waals surface area contributed by atoms with Gasteiger partial charge in [0.1, 0.15) is 0 Å². The third-order valence-electron chi connectivity index (χ3n) is 2.98. The molecule has 0 aromatic heterocycles. The molecule has 0 aromatic rings. The lowest BCUT2D eigenvalue weighted by atomic mass is 10.1. The zero-order valence-corrected chi connectivity index (χ0v) is 10.6. The van der Waals surface area contributed by atoms with Gasteiger partial charge in [-0.15, -0.1) is 0 Å². The Morgan fingerprint density at radius 2 is 2.12 bits per heavy atom. The van der Waals surface area contributed by atoms with Gasteiger partial charge in [-0.2, -0.15) is 13.2 Å². The molecule has 0 radical (unpaired) electrons. The summed E-state index contributed by atoms with van der Waals surface area (Å²) in [5, 5.41) is 0.631. The van der Waals surface area contributed by atoms with Crippen molar-refractivity contribution in [2.75, 3.05) is 11.9 Å². The van der Waals surface area contributed by atoms with Crippen molar-refractivity contribution in [3.05, 3.63) is 0 Å². The van der Waals surface area contributed by atoms with E-state index in [1.165, 1.54) is 0 Å². The number of carbonyl (C=O) groups excluding carboxylic acids is 1. The monoisotopic (exact) mass is 301 g/mol. The van der Waals surface area contributed by atoms with Crippen LogP contribution in [0.1, 0.15) is 26.2 Å². The van der Waals surface area contributed by atoms with Gasteiger partial charge in [-0.25, -0.2) is 0 Å². The summed E-state index contributed by atoms with van der Waals surface area (Å²) in [6.45, 7) is 2.59. The summed E-state index contributed by atoms with van der Waals surface area (Å²) in [5.74, 6) is -0.0275. The fourth-order valence-corrected chi connectivity index (χ4v) is 2.93. The molecule has 1 saturated heterocycles. The quantitative estimate of drug-likeness (QED) is 0.734. The normalized spacial score (nSPS) is 26.2. The summed E-state index contributed by atoms with van der Waals surface area (Å²) in [6, 6.07) is 0.0423. The number of hydrogen-bond acceptors (Lipinski definition) is 1. The van der Waals surface area contributed by atoms with Crippen LogP contribution in [0.4, 0.5) is 13.2 Å². The highest BCUT2D eigenvalue weighted by Crippen LogP contribution is 2.28. The zero-order valence-electron chi connectivity index (χ0n) is 9.06. The average Bonchev–Trinajstić information content (AvgIpc) is 2.54.